The first-order valence-corrected chi connectivity index (χ1v) is 11.5. The second-order valence-electron chi connectivity index (χ2n) is 9.32. The molecule has 0 atom stereocenters. The zero-order valence-electron chi connectivity index (χ0n) is 19.5. The Balaban J connectivity index is 1.26. The van der Waals surface area contributed by atoms with Gasteiger partial charge in [-0.05, 0) is 30.7 Å². The maximum atomic E-state index is 14.9. The van der Waals surface area contributed by atoms with Crippen molar-refractivity contribution < 1.29 is 9.13 Å². The molecule has 180 valence electrons. The van der Waals surface area contributed by atoms with Crippen molar-refractivity contribution in [1.29, 1.82) is 5.26 Å². The van der Waals surface area contributed by atoms with Gasteiger partial charge < -0.3 is 15.4 Å². The van der Waals surface area contributed by atoms with Gasteiger partial charge in [0, 0.05) is 18.7 Å². The van der Waals surface area contributed by atoms with Gasteiger partial charge in [-0.25, -0.2) is 24.0 Å². The predicted molar refractivity (Wildman–Crippen MR) is 129 cm³/mol. The molecule has 11 heteroatoms. The number of anilines is 2. The van der Waals surface area contributed by atoms with Crippen LogP contribution < -0.4 is 10.6 Å². The first-order chi connectivity index (χ1) is 17.4. The predicted octanol–water partition coefficient (Wildman–Crippen LogP) is 2.58. The lowest BCUT2D eigenvalue weighted by atomic mass is 9.78. The number of nitriles is 1. The van der Waals surface area contributed by atoms with E-state index in [2.05, 4.69) is 31.2 Å². The van der Waals surface area contributed by atoms with Crippen LogP contribution in [0.1, 0.15) is 16.8 Å². The summed E-state index contributed by atoms with van der Waals surface area (Å²) in [6.45, 7) is 5.68. The van der Waals surface area contributed by atoms with Crippen molar-refractivity contribution in [2.24, 2.45) is 5.41 Å². The molecule has 0 unspecified atom stereocenters. The fourth-order valence-corrected chi connectivity index (χ4v) is 4.63. The van der Waals surface area contributed by atoms with Gasteiger partial charge in [0.2, 0.25) is 0 Å². The topological polar surface area (TPSA) is 132 Å². The van der Waals surface area contributed by atoms with Gasteiger partial charge in [-0.1, -0.05) is 23.4 Å². The number of nitrogens with two attached hydrogens (primary N) is 1. The number of nitrogen functional groups attached to an aromatic ring is 1. The fraction of sp³-hybridized carbons (Fsp3) is 0.280. The Morgan fingerprint density at radius 2 is 1.94 bits per heavy atom. The molecule has 5 heterocycles. The van der Waals surface area contributed by atoms with Crippen molar-refractivity contribution in [1.82, 2.24) is 29.9 Å². The molecule has 0 bridgehead atoms. The minimum absolute atomic E-state index is 0.0548. The summed E-state index contributed by atoms with van der Waals surface area (Å²) < 4.78 is 21.9. The molecule has 0 saturated carbocycles. The lowest BCUT2D eigenvalue weighted by Crippen LogP contribution is -2.66. The molecule has 1 aromatic carbocycles. The van der Waals surface area contributed by atoms with Crippen LogP contribution in [0, 0.1) is 29.5 Å². The third-order valence-corrected chi connectivity index (χ3v) is 6.66. The van der Waals surface area contributed by atoms with Gasteiger partial charge in [0.25, 0.3) is 0 Å². The van der Waals surface area contributed by atoms with Crippen molar-refractivity contribution in [3.05, 3.63) is 65.2 Å². The summed E-state index contributed by atoms with van der Waals surface area (Å²) in [6.07, 6.45) is 1.60. The number of pyridine rings is 1. The normalized spacial score (nSPS) is 15.9. The molecule has 3 aromatic heterocycles. The van der Waals surface area contributed by atoms with Gasteiger partial charge in [0.05, 0.1) is 48.7 Å². The van der Waals surface area contributed by atoms with Gasteiger partial charge in [0.15, 0.2) is 17.5 Å². The highest BCUT2D eigenvalue weighted by Gasteiger charge is 2.49. The van der Waals surface area contributed by atoms with Gasteiger partial charge in [0.1, 0.15) is 17.2 Å². The van der Waals surface area contributed by atoms with E-state index in [4.69, 9.17) is 15.5 Å². The number of rotatable bonds is 5. The molecule has 0 radical (unpaired) electrons. The molecule has 6 rings (SSSR count). The average Bonchev–Trinajstić information content (AvgIpc) is 3.27. The molecule has 2 fully saturated rings. The van der Waals surface area contributed by atoms with Gasteiger partial charge in [-0.15, -0.1) is 5.10 Å². The first kappa shape index (κ1) is 22.1. The van der Waals surface area contributed by atoms with E-state index in [0.29, 0.717) is 28.7 Å². The highest BCUT2D eigenvalue weighted by atomic mass is 19.1. The van der Waals surface area contributed by atoms with Crippen LogP contribution in [0.3, 0.4) is 0 Å². The van der Waals surface area contributed by atoms with Gasteiger partial charge in [-0.3, -0.25) is 0 Å². The Labute approximate surface area is 206 Å². The smallest absolute Gasteiger partial charge is 0.193 e. The highest BCUT2D eigenvalue weighted by Crippen LogP contribution is 2.39. The fourth-order valence-electron chi connectivity index (χ4n) is 4.63. The molecule has 0 aliphatic carbocycles. The summed E-state index contributed by atoms with van der Waals surface area (Å²) in [7, 11) is 0. The van der Waals surface area contributed by atoms with Crippen LogP contribution in [-0.4, -0.2) is 56.2 Å². The van der Waals surface area contributed by atoms with Crippen LogP contribution in [0.5, 0.6) is 0 Å². The van der Waals surface area contributed by atoms with Crippen molar-refractivity contribution in [2.45, 2.75) is 13.5 Å². The molecule has 1 spiro atoms. The molecule has 10 nitrogen and oxygen atoms in total. The second kappa shape index (κ2) is 8.35. The molecule has 2 aliphatic heterocycles. The third-order valence-electron chi connectivity index (χ3n) is 6.66. The van der Waals surface area contributed by atoms with Crippen LogP contribution in [0.25, 0.3) is 22.8 Å². The van der Waals surface area contributed by atoms with Crippen molar-refractivity contribution in [2.75, 3.05) is 36.9 Å². The van der Waals surface area contributed by atoms with Gasteiger partial charge in [-0.2, -0.15) is 5.26 Å². The maximum Gasteiger partial charge on any atom is 0.193 e. The Hall–Kier alpha value is -4.43. The maximum absolute atomic E-state index is 14.9. The molecule has 2 saturated heterocycles. The molecule has 2 aliphatic rings. The number of nitrogens with zero attached hydrogens (tertiary/aromatic N) is 8. The van der Waals surface area contributed by atoms with Gasteiger partial charge >= 0.3 is 0 Å². The summed E-state index contributed by atoms with van der Waals surface area (Å²) in [4.78, 5) is 15.5. The summed E-state index contributed by atoms with van der Waals surface area (Å²) >= 11 is 0. The van der Waals surface area contributed by atoms with Crippen molar-refractivity contribution in [3.8, 4) is 28.8 Å². The minimum Gasteiger partial charge on any atom is -0.381 e. The number of ether oxygens (including phenoxy) is 1. The Morgan fingerprint density at radius 3 is 2.69 bits per heavy atom. The summed E-state index contributed by atoms with van der Waals surface area (Å²) in [5.74, 6) is 0.0581. The quantitative estimate of drug-likeness (QED) is 0.455. The average molecular weight is 484 g/mol. The van der Waals surface area contributed by atoms with E-state index >= 15 is 0 Å². The van der Waals surface area contributed by atoms with Crippen LogP contribution in [0.4, 0.5) is 16.0 Å². The van der Waals surface area contributed by atoms with Crippen LogP contribution >= 0.6 is 0 Å². The van der Waals surface area contributed by atoms with Crippen LogP contribution in [-0.2, 0) is 11.3 Å². The number of halogens is 1. The number of hydrogen-bond donors (Lipinski definition) is 1. The Morgan fingerprint density at radius 1 is 1.14 bits per heavy atom. The molecular weight excluding hydrogens is 461 g/mol. The first-order valence-electron chi connectivity index (χ1n) is 11.5. The second-order valence-corrected chi connectivity index (χ2v) is 9.32. The largest absolute Gasteiger partial charge is 0.381 e. The number of aromatic nitrogens is 6. The summed E-state index contributed by atoms with van der Waals surface area (Å²) in [5, 5.41) is 17.6. The lowest BCUT2D eigenvalue weighted by Gasteiger charge is -2.55. The standard InChI is InChI=1S/C25H22FN9O/c1-15-16(8-27)4-2-6-18(15)24-30-22(21(26)23(28)31-24)19-10-35(33-32-19)9-17-5-3-7-20(29-17)34-11-25(12-34)13-36-14-25/h2-7,10H,9,11-14H2,1H3,(H2,28,30,31). The third kappa shape index (κ3) is 3.72. The molecular formula is C25H22FN9O. The lowest BCUT2D eigenvalue weighted by molar-refractivity contribution is -0.127. The summed E-state index contributed by atoms with van der Waals surface area (Å²) in [5.41, 5.74) is 8.91. The number of hydrogen-bond acceptors (Lipinski definition) is 9. The number of benzene rings is 1. The Bertz CT molecular complexity index is 1510. The van der Waals surface area contributed by atoms with E-state index < -0.39 is 5.82 Å². The molecule has 36 heavy (non-hydrogen) atoms. The van der Waals surface area contributed by atoms with E-state index in [1.165, 1.54) is 0 Å². The monoisotopic (exact) mass is 483 g/mol. The molecule has 2 N–H and O–H groups in total. The van der Waals surface area contributed by atoms with Crippen LogP contribution in [0.2, 0.25) is 0 Å². The SMILES string of the molecule is Cc1c(C#N)cccc1-c1nc(N)c(F)c(-c2cn(Cc3cccc(N4CC5(COC5)C4)n3)nn2)n1. The van der Waals surface area contributed by atoms with Crippen molar-refractivity contribution in [3.63, 3.8) is 0 Å². The van der Waals surface area contributed by atoms with Crippen molar-refractivity contribution >= 4 is 11.6 Å². The van der Waals surface area contributed by atoms with E-state index in [1.54, 1.807) is 36.0 Å². The van der Waals surface area contributed by atoms with E-state index in [9.17, 15) is 9.65 Å². The Kier molecular flexibility index (Phi) is 5.12. The summed E-state index contributed by atoms with van der Waals surface area (Å²) in [6, 6.07) is 13.2. The van der Waals surface area contributed by atoms with E-state index in [-0.39, 0.29) is 23.0 Å². The highest BCUT2D eigenvalue weighted by molar-refractivity contribution is 5.69. The zero-order chi connectivity index (χ0) is 24.9. The molecule has 4 aromatic rings. The van der Waals surface area contributed by atoms with E-state index in [0.717, 1.165) is 37.8 Å². The minimum atomic E-state index is -0.772. The zero-order valence-corrected chi connectivity index (χ0v) is 19.5. The van der Waals surface area contributed by atoms with E-state index in [1.807, 2.05) is 18.2 Å². The van der Waals surface area contributed by atoms with Crippen LogP contribution in [0.15, 0.2) is 42.6 Å². The molecule has 0 amide bonds.